The number of aromatic nitrogens is 2. The van der Waals surface area contributed by atoms with Gasteiger partial charge in [0, 0.05) is 43.9 Å². The molecule has 2 heterocycles. The first-order chi connectivity index (χ1) is 13.7. The zero-order valence-electron chi connectivity index (χ0n) is 16.9. The summed E-state index contributed by atoms with van der Waals surface area (Å²) in [6.07, 6.45) is 4.72. The van der Waals surface area contributed by atoms with Crippen molar-refractivity contribution in [1.82, 2.24) is 20.2 Å². The third kappa shape index (κ3) is 5.52. The Labute approximate surface area is 167 Å². The van der Waals surface area contributed by atoms with Crippen molar-refractivity contribution in [3.8, 4) is 0 Å². The molecule has 3 rings (SSSR count). The zero-order chi connectivity index (χ0) is 19.8. The largest absolute Gasteiger partial charge is 0.377 e. The molecule has 1 aliphatic heterocycles. The Bertz CT molecular complexity index is 766. The van der Waals surface area contributed by atoms with E-state index in [1.165, 1.54) is 5.56 Å². The van der Waals surface area contributed by atoms with Crippen LogP contribution in [0.2, 0.25) is 0 Å². The van der Waals surface area contributed by atoms with E-state index in [9.17, 15) is 4.79 Å². The van der Waals surface area contributed by atoms with Gasteiger partial charge in [0.25, 0.3) is 0 Å². The van der Waals surface area contributed by atoms with Gasteiger partial charge < -0.3 is 15.0 Å². The number of carbonyl (C=O) groups excluding carboxylic acids is 1. The Morgan fingerprint density at radius 2 is 2.14 bits per heavy atom. The van der Waals surface area contributed by atoms with Gasteiger partial charge in [-0.3, -0.25) is 0 Å². The number of hydrogen-bond acceptors (Lipinski definition) is 4. The first kappa shape index (κ1) is 20.3. The van der Waals surface area contributed by atoms with Crippen LogP contribution in [-0.2, 0) is 17.8 Å². The maximum atomic E-state index is 12.6. The van der Waals surface area contributed by atoms with E-state index in [2.05, 4.69) is 22.4 Å². The molecule has 1 aromatic heterocycles. The standard InChI is InChI=1S/C22H30N4O2/c1-3-28-16-20-14-24-17(2)25-21(20)19-10-7-13-26(15-19)22(27)23-12-11-18-8-5-4-6-9-18/h4-6,8-9,14,19H,3,7,10-13,15-16H2,1-2H3,(H,23,27). The topological polar surface area (TPSA) is 67.4 Å². The lowest BCUT2D eigenvalue weighted by molar-refractivity contribution is 0.131. The van der Waals surface area contributed by atoms with Gasteiger partial charge in [0.05, 0.1) is 12.3 Å². The summed E-state index contributed by atoms with van der Waals surface area (Å²) in [5.74, 6) is 0.991. The van der Waals surface area contributed by atoms with Crippen LogP contribution in [-0.4, -0.2) is 47.1 Å². The first-order valence-corrected chi connectivity index (χ1v) is 10.1. The summed E-state index contributed by atoms with van der Waals surface area (Å²) < 4.78 is 5.59. The molecule has 1 atom stereocenters. The fourth-order valence-electron chi connectivity index (χ4n) is 3.64. The van der Waals surface area contributed by atoms with Crippen molar-refractivity contribution in [2.75, 3.05) is 26.2 Å². The molecule has 0 spiro atoms. The van der Waals surface area contributed by atoms with Crippen molar-refractivity contribution in [2.45, 2.75) is 45.6 Å². The maximum absolute atomic E-state index is 12.6. The summed E-state index contributed by atoms with van der Waals surface area (Å²) in [4.78, 5) is 23.6. The molecular weight excluding hydrogens is 352 g/mol. The minimum Gasteiger partial charge on any atom is -0.377 e. The number of ether oxygens (including phenoxy) is 1. The second kappa shape index (κ2) is 10.2. The number of likely N-dealkylation sites (tertiary alicyclic amines) is 1. The minimum absolute atomic E-state index is 0.0118. The van der Waals surface area contributed by atoms with Crippen LogP contribution in [0.4, 0.5) is 4.79 Å². The van der Waals surface area contributed by atoms with Crippen LogP contribution in [0, 0.1) is 6.92 Å². The molecule has 6 nitrogen and oxygen atoms in total. The van der Waals surface area contributed by atoms with Gasteiger partial charge in [-0.15, -0.1) is 0 Å². The third-order valence-electron chi connectivity index (χ3n) is 5.11. The number of benzene rings is 1. The summed E-state index contributed by atoms with van der Waals surface area (Å²) in [6.45, 7) is 7.19. The molecule has 1 fully saturated rings. The predicted molar refractivity (Wildman–Crippen MR) is 109 cm³/mol. The molecule has 0 radical (unpaired) electrons. The molecule has 1 unspecified atom stereocenters. The average molecular weight is 383 g/mol. The molecule has 6 heteroatoms. The highest BCUT2D eigenvalue weighted by molar-refractivity contribution is 5.74. The van der Waals surface area contributed by atoms with Crippen LogP contribution in [0.15, 0.2) is 36.5 Å². The summed E-state index contributed by atoms with van der Waals surface area (Å²) in [6, 6.07) is 10.2. The highest BCUT2D eigenvalue weighted by Crippen LogP contribution is 2.28. The van der Waals surface area contributed by atoms with Crippen LogP contribution in [0.25, 0.3) is 0 Å². The lowest BCUT2D eigenvalue weighted by Gasteiger charge is -2.33. The zero-order valence-corrected chi connectivity index (χ0v) is 16.9. The van der Waals surface area contributed by atoms with E-state index in [-0.39, 0.29) is 11.9 Å². The third-order valence-corrected chi connectivity index (χ3v) is 5.11. The number of aryl methyl sites for hydroxylation is 1. The normalized spacial score (nSPS) is 16.8. The fourth-order valence-corrected chi connectivity index (χ4v) is 3.64. The summed E-state index contributed by atoms with van der Waals surface area (Å²) >= 11 is 0. The van der Waals surface area contributed by atoms with Crippen LogP contribution >= 0.6 is 0 Å². The lowest BCUT2D eigenvalue weighted by Crippen LogP contribution is -2.45. The summed E-state index contributed by atoms with van der Waals surface area (Å²) in [5.41, 5.74) is 3.29. The van der Waals surface area contributed by atoms with Gasteiger partial charge in [0.2, 0.25) is 0 Å². The van der Waals surface area contributed by atoms with Crippen molar-refractivity contribution in [3.05, 3.63) is 59.2 Å². The van der Waals surface area contributed by atoms with Gasteiger partial charge in [-0.25, -0.2) is 14.8 Å². The molecule has 0 bridgehead atoms. The summed E-state index contributed by atoms with van der Waals surface area (Å²) in [7, 11) is 0. The van der Waals surface area contributed by atoms with Gasteiger partial charge in [0.15, 0.2) is 0 Å². The first-order valence-electron chi connectivity index (χ1n) is 10.1. The average Bonchev–Trinajstić information content (AvgIpc) is 2.73. The summed E-state index contributed by atoms with van der Waals surface area (Å²) in [5, 5.41) is 3.06. The van der Waals surface area contributed by atoms with Crippen LogP contribution in [0.1, 0.15) is 48.3 Å². The number of rotatable bonds is 7. The molecule has 0 aliphatic carbocycles. The minimum atomic E-state index is 0.0118. The van der Waals surface area contributed by atoms with E-state index in [1.807, 2.05) is 43.1 Å². The molecule has 1 aromatic carbocycles. The van der Waals surface area contributed by atoms with E-state index >= 15 is 0 Å². The number of amides is 2. The molecule has 28 heavy (non-hydrogen) atoms. The quantitative estimate of drug-likeness (QED) is 0.796. The van der Waals surface area contributed by atoms with E-state index in [4.69, 9.17) is 9.72 Å². The number of nitrogens with zero attached hydrogens (tertiary/aromatic N) is 3. The molecule has 1 aliphatic rings. The monoisotopic (exact) mass is 382 g/mol. The molecule has 150 valence electrons. The van der Waals surface area contributed by atoms with E-state index in [1.54, 1.807) is 0 Å². The Kier molecular flexibility index (Phi) is 7.37. The predicted octanol–water partition coefficient (Wildman–Crippen LogP) is 3.45. The van der Waals surface area contributed by atoms with Crippen LogP contribution in [0.5, 0.6) is 0 Å². The Balaban J connectivity index is 1.59. The van der Waals surface area contributed by atoms with Crippen LogP contribution < -0.4 is 5.32 Å². The second-order valence-corrected chi connectivity index (χ2v) is 7.22. The molecule has 0 saturated carbocycles. The van der Waals surface area contributed by atoms with Crippen LogP contribution in [0.3, 0.4) is 0 Å². The van der Waals surface area contributed by atoms with Gasteiger partial charge in [-0.2, -0.15) is 0 Å². The molecule has 2 amide bonds. The number of piperidine rings is 1. The number of urea groups is 1. The Morgan fingerprint density at radius 1 is 1.32 bits per heavy atom. The number of carbonyl (C=O) groups is 1. The second-order valence-electron chi connectivity index (χ2n) is 7.22. The molecular formula is C22H30N4O2. The number of nitrogens with one attached hydrogen (secondary N) is 1. The fraction of sp³-hybridized carbons (Fsp3) is 0.500. The lowest BCUT2D eigenvalue weighted by atomic mass is 9.92. The van der Waals surface area contributed by atoms with Crippen molar-refractivity contribution >= 4 is 6.03 Å². The van der Waals surface area contributed by atoms with Gasteiger partial charge in [-0.1, -0.05) is 30.3 Å². The van der Waals surface area contributed by atoms with E-state index < -0.39 is 0 Å². The number of hydrogen-bond donors (Lipinski definition) is 1. The van der Waals surface area contributed by atoms with Gasteiger partial charge in [0.1, 0.15) is 5.82 Å². The smallest absolute Gasteiger partial charge is 0.317 e. The highest BCUT2D eigenvalue weighted by Gasteiger charge is 2.27. The molecule has 1 saturated heterocycles. The van der Waals surface area contributed by atoms with Crippen molar-refractivity contribution in [2.24, 2.45) is 0 Å². The highest BCUT2D eigenvalue weighted by atomic mass is 16.5. The SMILES string of the molecule is CCOCc1cnc(C)nc1C1CCCN(C(=O)NCCc2ccccc2)C1. The van der Waals surface area contributed by atoms with Crippen molar-refractivity contribution in [3.63, 3.8) is 0 Å². The van der Waals surface area contributed by atoms with Crippen molar-refractivity contribution in [1.29, 1.82) is 0 Å². The maximum Gasteiger partial charge on any atom is 0.317 e. The Morgan fingerprint density at radius 3 is 2.93 bits per heavy atom. The molecule has 1 N–H and O–H groups in total. The van der Waals surface area contributed by atoms with Crippen molar-refractivity contribution < 1.29 is 9.53 Å². The Hall–Kier alpha value is -2.47. The molecule has 2 aromatic rings. The van der Waals surface area contributed by atoms with Gasteiger partial charge >= 0.3 is 6.03 Å². The van der Waals surface area contributed by atoms with Gasteiger partial charge in [-0.05, 0) is 38.7 Å². The van der Waals surface area contributed by atoms with E-state index in [0.29, 0.717) is 26.3 Å². The van der Waals surface area contributed by atoms with E-state index in [0.717, 1.165) is 42.9 Å².